The molecular weight excluding hydrogens is 340 g/mol. The summed E-state index contributed by atoms with van der Waals surface area (Å²) in [6.07, 6.45) is 3.38. The highest BCUT2D eigenvalue weighted by molar-refractivity contribution is 5.99. The molecule has 0 saturated heterocycles. The van der Waals surface area contributed by atoms with Crippen LogP contribution in [0.15, 0.2) is 67.0 Å². The summed E-state index contributed by atoms with van der Waals surface area (Å²) in [5.41, 5.74) is 2.92. The van der Waals surface area contributed by atoms with Gasteiger partial charge in [-0.05, 0) is 47.5 Å². The van der Waals surface area contributed by atoms with Crippen molar-refractivity contribution in [1.29, 1.82) is 5.26 Å². The van der Waals surface area contributed by atoms with Crippen LogP contribution in [0.1, 0.15) is 39.6 Å². The molecule has 0 aliphatic carbocycles. The van der Waals surface area contributed by atoms with Crippen molar-refractivity contribution in [3.05, 3.63) is 89.2 Å². The van der Waals surface area contributed by atoms with Crippen molar-refractivity contribution < 1.29 is 14.3 Å². The number of carbonyl (C=O) groups excluding carboxylic acids is 1. The number of benzene rings is 2. The number of ketones is 1. The van der Waals surface area contributed by atoms with Gasteiger partial charge >= 0.3 is 0 Å². The number of carbonyl (C=O) groups is 1. The van der Waals surface area contributed by atoms with Crippen molar-refractivity contribution >= 4 is 5.78 Å². The molecule has 1 aliphatic rings. The second-order valence-electron chi connectivity index (χ2n) is 6.20. The van der Waals surface area contributed by atoms with E-state index in [1.165, 1.54) is 0 Å². The molecule has 0 N–H and O–H groups in total. The smallest absolute Gasteiger partial charge is 0.169 e. The highest BCUT2D eigenvalue weighted by Crippen LogP contribution is 2.33. The predicted octanol–water partition coefficient (Wildman–Crippen LogP) is 4.09. The molecule has 0 spiro atoms. The van der Waals surface area contributed by atoms with Gasteiger partial charge in [-0.3, -0.25) is 9.78 Å². The Labute approximate surface area is 156 Å². The van der Waals surface area contributed by atoms with Crippen LogP contribution < -0.4 is 9.47 Å². The van der Waals surface area contributed by atoms with E-state index in [9.17, 15) is 10.1 Å². The van der Waals surface area contributed by atoms with Crippen LogP contribution in [-0.4, -0.2) is 17.4 Å². The number of aromatic nitrogens is 1. The Morgan fingerprint density at radius 3 is 2.74 bits per heavy atom. The van der Waals surface area contributed by atoms with Crippen molar-refractivity contribution in [3.63, 3.8) is 0 Å². The van der Waals surface area contributed by atoms with E-state index in [-0.39, 0.29) is 5.78 Å². The Morgan fingerprint density at radius 2 is 1.93 bits per heavy atom. The van der Waals surface area contributed by atoms with E-state index in [0.717, 1.165) is 11.1 Å². The van der Waals surface area contributed by atoms with E-state index in [4.69, 9.17) is 9.47 Å². The topological polar surface area (TPSA) is 72.2 Å². The number of rotatable bonds is 4. The number of nitriles is 1. The van der Waals surface area contributed by atoms with Gasteiger partial charge in [-0.25, -0.2) is 0 Å². The van der Waals surface area contributed by atoms with E-state index in [2.05, 4.69) is 11.1 Å². The lowest BCUT2D eigenvalue weighted by Gasteiger charge is -2.22. The summed E-state index contributed by atoms with van der Waals surface area (Å²) < 4.78 is 11.9. The highest BCUT2D eigenvalue weighted by Gasteiger charge is 2.21. The van der Waals surface area contributed by atoms with E-state index in [1.807, 2.05) is 30.3 Å². The van der Waals surface area contributed by atoms with Gasteiger partial charge in [0.15, 0.2) is 5.78 Å². The molecular formula is C22H16N2O3. The van der Waals surface area contributed by atoms with Crippen LogP contribution in [0.2, 0.25) is 0 Å². The Morgan fingerprint density at radius 1 is 1.07 bits per heavy atom. The average Bonchev–Trinajstić information content (AvgIpc) is 2.73. The Balaban J connectivity index is 1.72. The Kier molecular flexibility index (Phi) is 4.54. The monoisotopic (exact) mass is 356 g/mol. The third-order valence-electron chi connectivity index (χ3n) is 4.42. The molecule has 1 aromatic heterocycles. The molecule has 0 radical (unpaired) electrons. The molecule has 1 unspecified atom stereocenters. The molecule has 132 valence electrons. The number of ether oxygens (including phenoxy) is 2. The van der Waals surface area contributed by atoms with Crippen molar-refractivity contribution in [2.75, 3.05) is 6.61 Å². The largest absolute Gasteiger partial charge is 0.492 e. The Bertz CT molecular complexity index is 1030. The van der Waals surface area contributed by atoms with E-state index in [0.29, 0.717) is 35.7 Å². The first kappa shape index (κ1) is 16.8. The zero-order chi connectivity index (χ0) is 18.6. The van der Waals surface area contributed by atoms with E-state index >= 15 is 0 Å². The molecule has 0 amide bonds. The van der Waals surface area contributed by atoms with Crippen LogP contribution in [0.5, 0.6) is 11.5 Å². The number of Topliss-reactive ketones (excluding diaryl/α,β-unsaturated/α-hetero) is 1. The summed E-state index contributed by atoms with van der Waals surface area (Å²) in [6.45, 7) is 0.382. The molecule has 3 aromatic rings. The van der Waals surface area contributed by atoms with Crippen LogP contribution in [0.4, 0.5) is 0 Å². The maximum atomic E-state index is 12.0. The maximum absolute atomic E-state index is 12.0. The standard InChI is InChI=1S/C22H16N2O3/c23-14-15-2-1-3-17(12-15)22(16-6-9-24-10-7-16)27-18-4-5-19-20(25)8-11-26-21(19)13-18/h1-7,9-10,12-13,22H,8,11H2. The summed E-state index contributed by atoms with van der Waals surface area (Å²) in [7, 11) is 0. The van der Waals surface area contributed by atoms with Gasteiger partial charge in [-0.2, -0.15) is 5.26 Å². The number of hydrogen-bond donors (Lipinski definition) is 0. The molecule has 0 fully saturated rings. The molecule has 5 nitrogen and oxygen atoms in total. The summed E-state index contributed by atoms with van der Waals surface area (Å²) in [4.78, 5) is 16.0. The van der Waals surface area contributed by atoms with Crippen molar-refractivity contribution in [3.8, 4) is 17.6 Å². The van der Waals surface area contributed by atoms with Gasteiger partial charge in [0.05, 0.1) is 23.8 Å². The van der Waals surface area contributed by atoms with Crippen LogP contribution in [0.3, 0.4) is 0 Å². The SMILES string of the molecule is N#Cc1cccc(C(Oc2ccc3c(c2)OCCC3=O)c2ccncc2)c1. The third kappa shape index (κ3) is 3.51. The lowest BCUT2D eigenvalue weighted by Crippen LogP contribution is -2.15. The van der Waals surface area contributed by atoms with E-state index < -0.39 is 6.10 Å². The summed E-state index contributed by atoms with van der Waals surface area (Å²) in [5.74, 6) is 1.21. The average molecular weight is 356 g/mol. The molecule has 2 aromatic carbocycles. The number of nitrogens with zero attached hydrogens (tertiary/aromatic N) is 2. The van der Waals surface area contributed by atoms with E-state index in [1.54, 1.807) is 36.7 Å². The Hall–Kier alpha value is -3.65. The molecule has 4 rings (SSSR count). The van der Waals surface area contributed by atoms with Crippen LogP contribution >= 0.6 is 0 Å². The molecule has 1 aliphatic heterocycles. The molecule has 1 atom stereocenters. The van der Waals surface area contributed by atoms with Crippen molar-refractivity contribution in [2.24, 2.45) is 0 Å². The minimum atomic E-state index is -0.418. The quantitative estimate of drug-likeness (QED) is 0.704. The summed E-state index contributed by atoms with van der Waals surface area (Å²) in [6, 6.07) is 18.5. The molecule has 0 bridgehead atoms. The third-order valence-corrected chi connectivity index (χ3v) is 4.42. The maximum Gasteiger partial charge on any atom is 0.169 e. The highest BCUT2D eigenvalue weighted by atomic mass is 16.5. The molecule has 27 heavy (non-hydrogen) atoms. The lowest BCUT2D eigenvalue weighted by molar-refractivity contribution is 0.0933. The second-order valence-corrected chi connectivity index (χ2v) is 6.20. The molecule has 0 saturated carbocycles. The van der Waals surface area contributed by atoms with Crippen LogP contribution in [0, 0.1) is 11.3 Å². The van der Waals surface area contributed by atoms with Gasteiger partial charge in [0.1, 0.15) is 17.6 Å². The fraction of sp³-hybridized carbons (Fsp3) is 0.136. The van der Waals surface area contributed by atoms with Gasteiger partial charge in [0.25, 0.3) is 0 Å². The van der Waals surface area contributed by atoms with Gasteiger partial charge in [0, 0.05) is 24.9 Å². The predicted molar refractivity (Wildman–Crippen MR) is 98.7 cm³/mol. The zero-order valence-corrected chi connectivity index (χ0v) is 14.5. The first-order chi connectivity index (χ1) is 13.2. The lowest BCUT2D eigenvalue weighted by atomic mass is 10.00. The molecule has 2 heterocycles. The number of hydrogen-bond acceptors (Lipinski definition) is 5. The van der Waals surface area contributed by atoms with Gasteiger partial charge < -0.3 is 9.47 Å². The normalized spacial score (nSPS) is 13.8. The number of fused-ring (bicyclic) bond motifs is 1. The second kappa shape index (κ2) is 7.30. The number of pyridine rings is 1. The van der Waals surface area contributed by atoms with Gasteiger partial charge in [-0.15, -0.1) is 0 Å². The first-order valence-corrected chi connectivity index (χ1v) is 8.61. The first-order valence-electron chi connectivity index (χ1n) is 8.61. The zero-order valence-electron chi connectivity index (χ0n) is 14.5. The van der Waals surface area contributed by atoms with Gasteiger partial charge in [-0.1, -0.05) is 12.1 Å². The van der Waals surface area contributed by atoms with Gasteiger partial charge in [0.2, 0.25) is 0 Å². The van der Waals surface area contributed by atoms with Crippen molar-refractivity contribution in [1.82, 2.24) is 4.98 Å². The van der Waals surface area contributed by atoms with Crippen LogP contribution in [0.25, 0.3) is 0 Å². The summed E-state index contributed by atoms with van der Waals surface area (Å²) in [5, 5.41) is 9.21. The molecule has 5 heteroatoms. The van der Waals surface area contributed by atoms with Crippen molar-refractivity contribution in [2.45, 2.75) is 12.5 Å². The summed E-state index contributed by atoms with van der Waals surface area (Å²) >= 11 is 0. The van der Waals surface area contributed by atoms with Crippen LogP contribution in [-0.2, 0) is 0 Å². The fourth-order valence-electron chi connectivity index (χ4n) is 3.09. The minimum absolute atomic E-state index is 0.0789. The minimum Gasteiger partial charge on any atom is -0.492 e. The fourth-order valence-corrected chi connectivity index (χ4v) is 3.09.